The number of hydrogen-bond donors (Lipinski definition) is 3. The number of nitrogens with one attached hydrogen (secondary N) is 1. The standard InChI is InChI=1S/C14H17BN2O6S/c1-22-17-13(10-5-3-7-24-10)14(20)16-11-6-2-4-9(8-12(18)19)23-15(11)21/h2-5,7,9,11,21H,6,8H2,1H3,(H,16,20)(H,18,19)/b17-13+/t9-,11+/m1/s1. The lowest BCUT2D eigenvalue weighted by atomic mass is 9.77. The van der Waals surface area contributed by atoms with Crippen LogP contribution in [0.15, 0.2) is 34.8 Å². The average Bonchev–Trinajstić information content (AvgIpc) is 2.98. The smallest absolute Gasteiger partial charge is 0.478 e. The molecule has 1 aromatic rings. The van der Waals surface area contributed by atoms with Crippen molar-refractivity contribution in [3.63, 3.8) is 0 Å². The van der Waals surface area contributed by atoms with Crippen LogP contribution in [0.25, 0.3) is 0 Å². The Morgan fingerprint density at radius 1 is 1.58 bits per heavy atom. The normalized spacial score (nSPS) is 21.2. The predicted octanol–water partition coefficient (Wildman–Crippen LogP) is 0.423. The van der Waals surface area contributed by atoms with Gasteiger partial charge in [0.25, 0.3) is 5.91 Å². The highest BCUT2D eigenvalue weighted by atomic mass is 32.1. The molecule has 8 nitrogen and oxygen atoms in total. The number of rotatable bonds is 6. The molecular weight excluding hydrogens is 335 g/mol. The number of carboxylic acid groups (broad SMARTS) is 1. The van der Waals surface area contributed by atoms with Gasteiger partial charge in [-0.1, -0.05) is 23.4 Å². The van der Waals surface area contributed by atoms with Crippen LogP contribution in [0.5, 0.6) is 0 Å². The summed E-state index contributed by atoms with van der Waals surface area (Å²) >= 11 is 1.33. The van der Waals surface area contributed by atoms with E-state index in [4.69, 9.17) is 14.6 Å². The first-order valence-electron chi connectivity index (χ1n) is 7.19. The number of thiophene rings is 1. The van der Waals surface area contributed by atoms with Crippen LogP contribution in [-0.2, 0) is 19.1 Å². The first kappa shape index (κ1) is 18.2. The van der Waals surface area contributed by atoms with Crippen molar-refractivity contribution in [3.8, 4) is 0 Å². The average molecular weight is 352 g/mol. The van der Waals surface area contributed by atoms with E-state index in [0.717, 1.165) is 0 Å². The van der Waals surface area contributed by atoms with Gasteiger partial charge in [0.15, 0.2) is 5.71 Å². The van der Waals surface area contributed by atoms with Crippen LogP contribution in [0.1, 0.15) is 17.7 Å². The van der Waals surface area contributed by atoms with Gasteiger partial charge in [-0.2, -0.15) is 0 Å². The molecule has 2 atom stereocenters. The molecule has 0 spiro atoms. The predicted molar refractivity (Wildman–Crippen MR) is 88.7 cm³/mol. The molecule has 0 aliphatic carbocycles. The van der Waals surface area contributed by atoms with Crippen LogP contribution in [0, 0.1) is 0 Å². The highest BCUT2D eigenvalue weighted by Crippen LogP contribution is 2.14. The van der Waals surface area contributed by atoms with E-state index in [1.165, 1.54) is 18.4 Å². The van der Waals surface area contributed by atoms with E-state index in [1.54, 1.807) is 29.7 Å². The lowest BCUT2D eigenvalue weighted by Crippen LogP contribution is -2.50. The van der Waals surface area contributed by atoms with Gasteiger partial charge in [0, 0.05) is 0 Å². The largest absolute Gasteiger partial charge is 0.481 e. The van der Waals surface area contributed by atoms with Gasteiger partial charge in [0.2, 0.25) is 0 Å². The SMILES string of the molecule is CO/N=C(/C(=O)N[C@H]1CC=C[C@H](CC(=O)O)OB1O)c1cccs1. The zero-order valence-corrected chi connectivity index (χ0v) is 13.7. The second-order valence-electron chi connectivity index (χ2n) is 5.01. The Morgan fingerprint density at radius 3 is 3.00 bits per heavy atom. The Bertz CT molecular complexity index is 633. The summed E-state index contributed by atoms with van der Waals surface area (Å²) in [5.74, 6) is -2.28. The van der Waals surface area contributed by atoms with Gasteiger partial charge in [0.1, 0.15) is 7.11 Å². The number of carboxylic acids is 1. The first-order valence-corrected chi connectivity index (χ1v) is 8.07. The number of oxime groups is 1. The number of hydrogen-bond acceptors (Lipinski definition) is 7. The van der Waals surface area contributed by atoms with E-state index >= 15 is 0 Å². The van der Waals surface area contributed by atoms with Crippen molar-refractivity contribution in [1.82, 2.24) is 5.32 Å². The van der Waals surface area contributed by atoms with Gasteiger partial charge in [-0.05, 0) is 17.9 Å². The monoisotopic (exact) mass is 352 g/mol. The topological polar surface area (TPSA) is 117 Å². The van der Waals surface area contributed by atoms with E-state index in [-0.39, 0.29) is 12.1 Å². The molecule has 10 heteroatoms. The minimum absolute atomic E-state index is 0.0926. The summed E-state index contributed by atoms with van der Waals surface area (Å²) in [5.41, 5.74) is 0.0926. The second-order valence-corrected chi connectivity index (χ2v) is 5.95. The summed E-state index contributed by atoms with van der Waals surface area (Å²) in [4.78, 5) is 28.5. The molecule has 1 amide bonds. The number of aliphatic carboxylic acids is 1. The molecule has 0 saturated heterocycles. The first-order chi connectivity index (χ1) is 11.5. The van der Waals surface area contributed by atoms with E-state index in [1.807, 2.05) is 0 Å². The Labute approximate surface area is 142 Å². The third-order valence-electron chi connectivity index (χ3n) is 3.24. The van der Waals surface area contributed by atoms with Crippen molar-refractivity contribution < 1.29 is 29.2 Å². The van der Waals surface area contributed by atoms with Crippen molar-refractivity contribution in [3.05, 3.63) is 34.5 Å². The molecule has 1 aliphatic rings. The number of carbonyl (C=O) groups is 2. The zero-order chi connectivity index (χ0) is 17.5. The number of amides is 1. The fourth-order valence-electron chi connectivity index (χ4n) is 2.17. The summed E-state index contributed by atoms with van der Waals surface area (Å²) in [6, 6.07) is 3.51. The van der Waals surface area contributed by atoms with Gasteiger partial charge in [0.05, 0.1) is 23.3 Å². The third kappa shape index (κ3) is 4.92. The lowest BCUT2D eigenvalue weighted by molar-refractivity contribution is -0.138. The molecule has 24 heavy (non-hydrogen) atoms. The van der Waals surface area contributed by atoms with Gasteiger partial charge in [-0.3, -0.25) is 9.59 Å². The molecule has 0 bridgehead atoms. The van der Waals surface area contributed by atoms with E-state index < -0.39 is 31.0 Å². The van der Waals surface area contributed by atoms with Crippen molar-refractivity contribution in [1.29, 1.82) is 0 Å². The van der Waals surface area contributed by atoms with Crippen LogP contribution < -0.4 is 5.32 Å². The van der Waals surface area contributed by atoms with Crippen LogP contribution >= 0.6 is 11.3 Å². The maximum absolute atomic E-state index is 12.4. The van der Waals surface area contributed by atoms with Crippen molar-refractivity contribution in [2.45, 2.75) is 24.9 Å². The van der Waals surface area contributed by atoms with Crippen LogP contribution in [0.4, 0.5) is 0 Å². The highest BCUT2D eigenvalue weighted by Gasteiger charge is 2.33. The van der Waals surface area contributed by atoms with Crippen molar-refractivity contribution >= 4 is 36.0 Å². The summed E-state index contributed by atoms with van der Waals surface area (Å²) in [6.45, 7) is 0. The summed E-state index contributed by atoms with van der Waals surface area (Å²) in [5, 5.41) is 27.1. The highest BCUT2D eigenvalue weighted by molar-refractivity contribution is 7.13. The Hall–Kier alpha value is -2.17. The van der Waals surface area contributed by atoms with Crippen LogP contribution in [0.2, 0.25) is 0 Å². The summed E-state index contributed by atoms with van der Waals surface area (Å²) in [7, 11) is 0.00410. The molecule has 128 valence electrons. The van der Waals surface area contributed by atoms with Crippen molar-refractivity contribution in [2.75, 3.05) is 7.11 Å². The van der Waals surface area contributed by atoms with E-state index in [9.17, 15) is 14.6 Å². The Morgan fingerprint density at radius 2 is 2.38 bits per heavy atom. The van der Waals surface area contributed by atoms with Gasteiger partial charge >= 0.3 is 13.1 Å². The molecule has 0 aromatic carbocycles. The molecule has 0 saturated carbocycles. The fourth-order valence-corrected chi connectivity index (χ4v) is 2.87. The molecule has 1 aromatic heterocycles. The summed E-state index contributed by atoms with van der Waals surface area (Å²) in [6.07, 6.45) is 2.52. The molecule has 2 heterocycles. The molecule has 0 fully saturated rings. The maximum atomic E-state index is 12.4. The molecule has 1 aliphatic heterocycles. The molecule has 2 rings (SSSR count). The molecule has 3 N–H and O–H groups in total. The third-order valence-corrected chi connectivity index (χ3v) is 4.12. The Kier molecular flexibility index (Phi) is 6.53. The zero-order valence-electron chi connectivity index (χ0n) is 12.9. The minimum atomic E-state index is -1.33. The van der Waals surface area contributed by atoms with Crippen LogP contribution in [-0.4, -0.2) is 54.0 Å². The van der Waals surface area contributed by atoms with E-state index in [2.05, 4.69) is 10.5 Å². The number of carbonyl (C=O) groups excluding carboxylic acids is 1. The molecule has 0 radical (unpaired) electrons. The molecule has 0 unspecified atom stereocenters. The summed E-state index contributed by atoms with van der Waals surface area (Å²) < 4.78 is 5.27. The fraction of sp³-hybridized carbons (Fsp3) is 0.357. The van der Waals surface area contributed by atoms with Crippen molar-refractivity contribution in [2.24, 2.45) is 5.16 Å². The minimum Gasteiger partial charge on any atom is -0.481 e. The van der Waals surface area contributed by atoms with Gasteiger partial charge in [-0.15, -0.1) is 11.3 Å². The van der Waals surface area contributed by atoms with Gasteiger partial charge in [-0.25, -0.2) is 0 Å². The number of nitrogens with zero attached hydrogens (tertiary/aromatic N) is 1. The van der Waals surface area contributed by atoms with Gasteiger partial charge < -0.3 is 24.9 Å². The Balaban J connectivity index is 2.04. The van der Waals surface area contributed by atoms with E-state index in [0.29, 0.717) is 11.3 Å². The maximum Gasteiger partial charge on any atom is 0.478 e. The quantitative estimate of drug-likeness (QED) is 0.296. The van der Waals surface area contributed by atoms with Crippen LogP contribution in [0.3, 0.4) is 0 Å². The molecular formula is C14H17BN2O6S. The second kappa shape index (κ2) is 8.62. The lowest BCUT2D eigenvalue weighted by Gasteiger charge is -2.20.